The number of rotatable bonds is 2. The molecular formula is C20H19N3O2. The monoisotopic (exact) mass is 333 g/mol. The molecule has 25 heavy (non-hydrogen) atoms. The molecule has 5 heteroatoms. The quantitative estimate of drug-likeness (QED) is 0.722. The Kier molecular flexibility index (Phi) is 4.15. The lowest BCUT2D eigenvalue weighted by Crippen LogP contribution is -2.46. The number of pyridine rings is 2. The van der Waals surface area contributed by atoms with E-state index >= 15 is 0 Å². The number of amides is 1. The van der Waals surface area contributed by atoms with E-state index in [1.54, 1.807) is 24.7 Å². The van der Waals surface area contributed by atoms with E-state index < -0.39 is 0 Å². The number of nitrogens with zero attached hydrogens (tertiary/aromatic N) is 3. The van der Waals surface area contributed by atoms with Crippen molar-refractivity contribution in [2.24, 2.45) is 0 Å². The normalized spacial score (nSPS) is 20.6. The summed E-state index contributed by atoms with van der Waals surface area (Å²) in [6, 6.07) is 13.5. The number of hydrogen-bond donors (Lipinski definition) is 0. The Morgan fingerprint density at radius 1 is 1.16 bits per heavy atom. The third kappa shape index (κ3) is 2.98. The van der Waals surface area contributed by atoms with E-state index in [2.05, 4.69) is 9.97 Å². The molecule has 0 spiro atoms. The van der Waals surface area contributed by atoms with E-state index in [0.717, 1.165) is 16.5 Å². The molecule has 0 bridgehead atoms. The largest absolute Gasteiger partial charge is 0.374 e. The second kappa shape index (κ2) is 6.61. The van der Waals surface area contributed by atoms with Crippen molar-refractivity contribution in [3.8, 4) is 0 Å². The first-order chi connectivity index (χ1) is 12.2. The van der Waals surface area contributed by atoms with Crippen LogP contribution in [0, 0.1) is 0 Å². The van der Waals surface area contributed by atoms with E-state index in [1.165, 1.54) is 0 Å². The Morgan fingerprint density at radius 2 is 2.00 bits per heavy atom. The highest BCUT2D eigenvalue weighted by Gasteiger charge is 2.32. The average Bonchev–Trinajstić information content (AvgIpc) is 2.67. The molecule has 3 heterocycles. The van der Waals surface area contributed by atoms with Gasteiger partial charge in [0.05, 0.1) is 29.8 Å². The Bertz CT molecular complexity index is 892. The van der Waals surface area contributed by atoms with Gasteiger partial charge in [0, 0.05) is 30.5 Å². The molecule has 2 atom stereocenters. The highest BCUT2D eigenvalue weighted by Crippen LogP contribution is 2.29. The van der Waals surface area contributed by atoms with Gasteiger partial charge in [0.25, 0.3) is 5.91 Å². The van der Waals surface area contributed by atoms with Gasteiger partial charge in [-0.15, -0.1) is 0 Å². The summed E-state index contributed by atoms with van der Waals surface area (Å²) in [5.41, 5.74) is 2.49. The Labute approximate surface area is 146 Å². The zero-order valence-electron chi connectivity index (χ0n) is 14.0. The predicted octanol–water partition coefficient (Wildman–Crippen LogP) is 3.23. The summed E-state index contributed by atoms with van der Waals surface area (Å²) in [5.74, 6) is -0.00981. The second-order valence-corrected chi connectivity index (χ2v) is 6.28. The highest BCUT2D eigenvalue weighted by molar-refractivity contribution is 6.05. The Morgan fingerprint density at radius 3 is 2.84 bits per heavy atom. The fraction of sp³-hybridized carbons (Fsp3) is 0.250. The number of carbonyl (C=O) groups excluding carboxylic acids is 1. The van der Waals surface area contributed by atoms with Gasteiger partial charge in [-0.05, 0) is 24.6 Å². The van der Waals surface area contributed by atoms with Crippen molar-refractivity contribution in [2.75, 3.05) is 13.2 Å². The zero-order valence-corrected chi connectivity index (χ0v) is 14.0. The standard InChI is InChI=1S/C20H19N3O2/c1-14-12-23(19(13-25-14)15-5-3-2-4-6-15)20(24)16-7-10-22-18-8-9-21-11-17(16)18/h2-11,14,19H,12-13H2,1H3/t14-,19+/m1/s1. The fourth-order valence-corrected chi connectivity index (χ4v) is 3.31. The lowest BCUT2D eigenvalue weighted by molar-refractivity contribution is -0.0447. The van der Waals surface area contributed by atoms with Crippen molar-refractivity contribution in [1.29, 1.82) is 0 Å². The van der Waals surface area contributed by atoms with Crippen molar-refractivity contribution in [3.05, 3.63) is 72.2 Å². The number of morpholine rings is 1. The first-order valence-corrected chi connectivity index (χ1v) is 8.40. The van der Waals surface area contributed by atoms with Crippen LogP contribution in [0.4, 0.5) is 0 Å². The lowest BCUT2D eigenvalue weighted by atomic mass is 10.0. The number of aromatic nitrogens is 2. The molecule has 1 aromatic carbocycles. The molecule has 2 aromatic heterocycles. The van der Waals surface area contributed by atoms with Gasteiger partial charge in [0.1, 0.15) is 0 Å². The maximum Gasteiger partial charge on any atom is 0.255 e. The van der Waals surface area contributed by atoms with Crippen LogP contribution in [0.15, 0.2) is 61.1 Å². The van der Waals surface area contributed by atoms with E-state index in [0.29, 0.717) is 18.7 Å². The molecule has 0 N–H and O–H groups in total. The summed E-state index contributed by atoms with van der Waals surface area (Å²) in [6.07, 6.45) is 5.08. The average molecular weight is 333 g/mol. The first-order valence-electron chi connectivity index (χ1n) is 8.40. The maximum atomic E-state index is 13.4. The zero-order chi connectivity index (χ0) is 17.2. The van der Waals surface area contributed by atoms with Crippen molar-refractivity contribution >= 4 is 16.8 Å². The molecule has 1 fully saturated rings. The van der Waals surface area contributed by atoms with Gasteiger partial charge in [-0.2, -0.15) is 0 Å². The molecule has 126 valence electrons. The number of ether oxygens (including phenoxy) is 1. The number of carbonyl (C=O) groups is 1. The molecule has 4 rings (SSSR count). The molecule has 0 saturated carbocycles. The van der Waals surface area contributed by atoms with Crippen LogP contribution in [0.3, 0.4) is 0 Å². The Balaban J connectivity index is 1.75. The number of benzene rings is 1. The van der Waals surface area contributed by atoms with E-state index in [9.17, 15) is 4.79 Å². The summed E-state index contributed by atoms with van der Waals surface area (Å²) in [6.45, 7) is 3.05. The van der Waals surface area contributed by atoms with Gasteiger partial charge in [-0.25, -0.2) is 0 Å². The summed E-state index contributed by atoms with van der Waals surface area (Å²) in [4.78, 5) is 23.7. The topological polar surface area (TPSA) is 55.3 Å². The third-order valence-corrected chi connectivity index (χ3v) is 4.59. The predicted molar refractivity (Wildman–Crippen MR) is 95.2 cm³/mol. The second-order valence-electron chi connectivity index (χ2n) is 6.28. The van der Waals surface area contributed by atoms with Crippen LogP contribution in [0.2, 0.25) is 0 Å². The molecule has 0 aliphatic carbocycles. The van der Waals surface area contributed by atoms with Crippen molar-refractivity contribution < 1.29 is 9.53 Å². The minimum Gasteiger partial charge on any atom is -0.374 e. The highest BCUT2D eigenvalue weighted by atomic mass is 16.5. The summed E-state index contributed by atoms with van der Waals surface area (Å²) in [7, 11) is 0. The molecular weight excluding hydrogens is 314 g/mol. The minimum absolute atomic E-state index is 0.00939. The molecule has 0 radical (unpaired) electrons. The summed E-state index contributed by atoms with van der Waals surface area (Å²) < 4.78 is 5.83. The molecule has 1 saturated heterocycles. The van der Waals surface area contributed by atoms with Gasteiger partial charge in [-0.1, -0.05) is 30.3 Å². The number of fused-ring (bicyclic) bond motifs is 1. The lowest BCUT2D eigenvalue weighted by Gasteiger charge is -2.39. The van der Waals surface area contributed by atoms with Crippen molar-refractivity contribution in [1.82, 2.24) is 14.9 Å². The minimum atomic E-state index is -0.0928. The van der Waals surface area contributed by atoms with Gasteiger partial charge in [0.2, 0.25) is 0 Å². The molecule has 3 aromatic rings. The molecule has 5 nitrogen and oxygen atoms in total. The first kappa shape index (κ1) is 15.7. The van der Waals surface area contributed by atoms with Gasteiger partial charge in [-0.3, -0.25) is 14.8 Å². The van der Waals surface area contributed by atoms with Crippen LogP contribution in [0.5, 0.6) is 0 Å². The summed E-state index contributed by atoms with van der Waals surface area (Å²) in [5, 5.41) is 0.779. The van der Waals surface area contributed by atoms with Crippen LogP contribution in [0.25, 0.3) is 10.9 Å². The Hall–Kier alpha value is -2.79. The maximum absolute atomic E-state index is 13.4. The van der Waals surface area contributed by atoms with Crippen molar-refractivity contribution in [3.63, 3.8) is 0 Å². The molecule has 0 unspecified atom stereocenters. The number of hydrogen-bond acceptors (Lipinski definition) is 4. The molecule has 1 aliphatic rings. The SMILES string of the molecule is C[C@@H]1CN(C(=O)c2ccnc3ccncc23)[C@H](c2ccccc2)CO1. The molecule has 1 amide bonds. The van der Waals surface area contributed by atoms with Gasteiger partial charge >= 0.3 is 0 Å². The van der Waals surface area contributed by atoms with Crippen LogP contribution < -0.4 is 0 Å². The van der Waals surface area contributed by atoms with Crippen molar-refractivity contribution in [2.45, 2.75) is 19.1 Å². The van der Waals surface area contributed by atoms with Crippen LogP contribution in [0.1, 0.15) is 28.9 Å². The fourth-order valence-electron chi connectivity index (χ4n) is 3.31. The van der Waals surface area contributed by atoms with Gasteiger partial charge in [0.15, 0.2) is 0 Å². The van der Waals surface area contributed by atoms with Crippen LogP contribution in [-0.4, -0.2) is 40.0 Å². The van der Waals surface area contributed by atoms with E-state index in [4.69, 9.17) is 4.74 Å². The van der Waals surface area contributed by atoms with E-state index in [1.807, 2.05) is 48.2 Å². The van der Waals surface area contributed by atoms with Crippen LogP contribution in [-0.2, 0) is 4.74 Å². The van der Waals surface area contributed by atoms with Crippen LogP contribution >= 0.6 is 0 Å². The van der Waals surface area contributed by atoms with E-state index in [-0.39, 0.29) is 18.1 Å². The van der Waals surface area contributed by atoms with Gasteiger partial charge < -0.3 is 9.64 Å². The smallest absolute Gasteiger partial charge is 0.255 e. The summed E-state index contributed by atoms with van der Waals surface area (Å²) >= 11 is 0. The third-order valence-electron chi connectivity index (χ3n) is 4.59. The molecule has 1 aliphatic heterocycles.